The summed E-state index contributed by atoms with van der Waals surface area (Å²) in [7, 11) is 1.73. The Kier molecular flexibility index (Phi) is 4.32. The summed E-state index contributed by atoms with van der Waals surface area (Å²) in [5.74, 6) is 0.941. The van der Waals surface area contributed by atoms with E-state index in [0.29, 0.717) is 12.1 Å². The third-order valence-electron chi connectivity index (χ3n) is 4.25. The summed E-state index contributed by atoms with van der Waals surface area (Å²) in [6.45, 7) is 2.22. The van der Waals surface area contributed by atoms with Crippen LogP contribution in [0.1, 0.15) is 42.1 Å². The highest BCUT2D eigenvalue weighted by molar-refractivity contribution is 9.10. The van der Waals surface area contributed by atoms with Crippen LogP contribution in [0, 0.1) is 0 Å². The van der Waals surface area contributed by atoms with Gasteiger partial charge in [0, 0.05) is 16.6 Å². The summed E-state index contributed by atoms with van der Waals surface area (Å²) in [5.41, 5.74) is 4.12. The van der Waals surface area contributed by atoms with E-state index in [1.807, 2.05) is 0 Å². The van der Waals surface area contributed by atoms with E-state index < -0.39 is 0 Å². The highest BCUT2D eigenvalue weighted by Crippen LogP contribution is 2.36. The summed E-state index contributed by atoms with van der Waals surface area (Å²) >= 11 is 3.64. The molecule has 0 amide bonds. The van der Waals surface area contributed by atoms with E-state index in [4.69, 9.17) is 4.74 Å². The fourth-order valence-electron chi connectivity index (χ4n) is 3.10. The van der Waals surface area contributed by atoms with Crippen LogP contribution in [0.5, 0.6) is 5.75 Å². The van der Waals surface area contributed by atoms with E-state index in [1.54, 1.807) is 7.11 Å². The van der Waals surface area contributed by atoms with Crippen molar-refractivity contribution >= 4 is 15.9 Å². The van der Waals surface area contributed by atoms with Crippen LogP contribution in [0.25, 0.3) is 0 Å². The largest absolute Gasteiger partial charge is 0.497 e. The van der Waals surface area contributed by atoms with Crippen LogP contribution in [0.4, 0.5) is 0 Å². The van der Waals surface area contributed by atoms with E-state index in [9.17, 15) is 0 Å². The van der Waals surface area contributed by atoms with Crippen LogP contribution in [0.3, 0.4) is 0 Å². The molecule has 3 rings (SSSR count). The average Bonchev–Trinajstić information content (AvgIpc) is 2.90. The number of hydrogen-bond donors (Lipinski definition) is 1. The van der Waals surface area contributed by atoms with Crippen molar-refractivity contribution < 1.29 is 4.74 Å². The van der Waals surface area contributed by atoms with Gasteiger partial charge >= 0.3 is 0 Å². The maximum Gasteiger partial charge on any atom is 0.119 e. The zero-order valence-corrected chi connectivity index (χ0v) is 14.0. The van der Waals surface area contributed by atoms with Crippen molar-refractivity contribution in [2.24, 2.45) is 0 Å². The smallest absolute Gasteiger partial charge is 0.119 e. The molecule has 0 aromatic heterocycles. The summed E-state index contributed by atoms with van der Waals surface area (Å²) in [5, 5.41) is 3.76. The van der Waals surface area contributed by atoms with Gasteiger partial charge < -0.3 is 10.1 Å². The molecule has 110 valence electrons. The number of halogens is 1. The molecule has 2 aromatic rings. The lowest BCUT2D eigenvalue weighted by Gasteiger charge is -2.22. The van der Waals surface area contributed by atoms with Gasteiger partial charge in [-0.05, 0) is 54.7 Å². The van der Waals surface area contributed by atoms with Gasteiger partial charge in [-0.1, -0.05) is 40.2 Å². The Morgan fingerprint density at radius 3 is 2.81 bits per heavy atom. The fraction of sp³-hybridized carbons (Fsp3) is 0.333. The number of ether oxygens (including phenoxy) is 1. The SMILES string of the molecule is COc1ccc2c(c1)C(N[C@@H](C)c1ccccc1Br)CC2. The summed E-state index contributed by atoms with van der Waals surface area (Å²) in [6.07, 6.45) is 2.29. The minimum Gasteiger partial charge on any atom is -0.497 e. The van der Waals surface area contributed by atoms with Crippen LogP contribution in [0.2, 0.25) is 0 Å². The van der Waals surface area contributed by atoms with Crippen molar-refractivity contribution in [1.29, 1.82) is 0 Å². The number of aryl methyl sites for hydroxylation is 1. The minimum atomic E-state index is 0.308. The van der Waals surface area contributed by atoms with Gasteiger partial charge in [-0.3, -0.25) is 0 Å². The molecule has 0 saturated carbocycles. The molecule has 2 atom stereocenters. The van der Waals surface area contributed by atoms with Crippen molar-refractivity contribution in [2.45, 2.75) is 31.8 Å². The molecule has 0 aliphatic heterocycles. The monoisotopic (exact) mass is 345 g/mol. The highest BCUT2D eigenvalue weighted by atomic mass is 79.9. The van der Waals surface area contributed by atoms with Crippen LogP contribution >= 0.6 is 15.9 Å². The van der Waals surface area contributed by atoms with Gasteiger partial charge in [0.15, 0.2) is 0 Å². The summed E-state index contributed by atoms with van der Waals surface area (Å²) < 4.78 is 6.52. The van der Waals surface area contributed by atoms with E-state index in [-0.39, 0.29) is 0 Å². The average molecular weight is 346 g/mol. The van der Waals surface area contributed by atoms with Gasteiger partial charge in [0.25, 0.3) is 0 Å². The topological polar surface area (TPSA) is 21.3 Å². The number of hydrogen-bond acceptors (Lipinski definition) is 2. The lowest BCUT2D eigenvalue weighted by molar-refractivity contribution is 0.412. The lowest BCUT2D eigenvalue weighted by Crippen LogP contribution is -2.23. The molecule has 0 heterocycles. The molecule has 1 unspecified atom stereocenters. The molecular weight excluding hydrogens is 326 g/mol. The first-order valence-electron chi connectivity index (χ1n) is 7.36. The molecule has 0 fully saturated rings. The molecule has 0 radical (unpaired) electrons. The van der Waals surface area contributed by atoms with E-state index in [1.165, 1.54) is 16.7 Å². The van der Waals surface area contributed by atoms with Crippen LogP contribution in [0.15, 0.2) is 46.9 Å². The summed E-state index contributed by atoms with van der Waals surface area (Å²) in [6, 6.07) is 15.5. The first kappa shape index (κ1) is 14.6. The van der Waals surface area contributed by atoms with Gasteiger partial charge in [0.2, 0.25) is 0 Å². The van der Waals surface area contributed by atoms with Crippen molar-refractivity contribution in [3.63, 3.8) is 0 Å². The van der Waals surface area contributed by atoms with E-state index in [0.717, 1.165) is 23.1 Å². The Labute approximate surface area is 134 Å². The lowest BCUT2D eigenvalue weighted by atomic mass is 10.0. The third kappa shape index (κ3) is 2.99. The van der Waals surface area contributed by atoms with Gasteiger partial charge in [-0.25, -0.2) is 0 Å². The molecular formula is C18H20BrNO. The Bertz CT molecular complexity index is 641. The zero-order chi connectivity index (χ0) is 14.8. The van der Waals surface area contributed by atoms with Gasteiger partial charge in [0.1, 0.15) is 5.75 Å². The summed E-state index contributed by atoms with van der Waals surface area (Å²) in [4.78, 5) is 0. The van der Waals surface area contributed by atoms with E-state index in [2.05, 4.69) is 70.6 Å². The normalized spacial score (nSPS) is 18.3. The second kappa shape index (κ2) is 6.20. The number of rotatable bonds is 4. The standard InChI is InChI=1S/C18H20BrNO/c1-12(15-5-3-4-6-17(15)19)20-18-10-8-13-7-9-14(21-2)11-16(13)18/h3-7,9,11-12,18,20H,8,10H2,1-2H3/t12-,18?/m0/s1. The Balaban J connectivity index is 1.80. The van der Waals surface area contributed by atoms with Gasteiger partial charge in [0.05, 0.1) is 7.11 Å². The molecule has 1 N–H and O–H groups in total. The number of benzene rings is 2. The molecule has 3 heteroatoms. The fourth-order valence-corrected chi connectivity index (χ4v) is 3.73. The Morgan fingerprint density at radius 2 is 2.05 bits per heavy atom. The minimum absolute atomic E-state index is 0.308. The molecule has 1 aliphatic carbocycles. The van der Waals surface area contributed by atoms with Crippen molar-refractivity contribution in [1.82, 2.24) is 5.32 Å². The molecule has 0 bridgehead atoms. The zero-order valence-electron chi connectivity index (χ0n) is 12.4. The van der Waals surface area contributed by atoms with Gasteiger partial charge in [-0.2, -0.15) is 0 Å². The molecule has 2 aromatic carbocycles. The molecule has 0 saturated heterocycles. The van der Waals surface area contributed by atoms with E-state index >= 15 is 0 Å². The number of nitrogens with one attached hydrogen (secondary N) is 1. The van der Waals surface area contributed by atoms with Crippen molar-refractivity contribution in [3.05, 3.63) is 63.6 Å². The number of methoxy groups -OCH3 is 1. The van der Waals surface area contributed by atoms with Crippen LogP contribution < -0.4 is 10.1 Å². The highest BCUT2D eigenvalue weighted by Gasteiger charge is 2.24. The predicted octanol–water partition coefficient (Wildman–Crippen LogP) is 4.80. The van der Waals surface area contributed by atoms with Crippen molar-refractivity contribution in [3.8, 4) is 5.75 Å². The molecule has 2 nitrogen and oxygen atoms in total. The first-order valence-corrected chi connectivity index (χ1v) is 8.15. The Morgan fingerprint density at radius 1 is 1.24 bits per heavy atom. The number of fused-ring (bicyclic) bond motifs is 1. The second-order valence-electron chi connectivity index (χ2n) is 5.57. The van der Waals surface area contributed by atoms with Crippen LogP contribution in [-0.2, 0) is 6.42 Å². The third-order valence-corrected chi connectivity index (χ3v) is 4.98. The van der Waals surface area contributed by atoms with Gasteiger partial charge in [-0.15, -0.1) is 0 Å². The molecule has 0 spiro atoms. The van der Waals surface area contributed by atoms with Crippen molar-refractivity contribution in [2.75, 3.05) is 7.11 Å². The Hall–Kier alpha value is -1.32. The first-order chi connectivity index (χ1) is 10.2. The van der Waals surface area contributed by atoms with Crippen LogP contribution in [-0.4, -0.2) is 7.11 Å². The second-order valence-corrected chi connectivity index (χ2v) is 6.42. The maximum atomic E-state index is 5.36. The molecule has 1 aliphatic rings. The molecule has 21 heavy (non-hydrogen) atoms. The predicted molar refractivity (Wildman–Crippen MR) is 89.7 cm³/mol. The quantitative estimate of drug-likeness (QED) is 0.859. The maximum absolute atomic E-state index is 5.36.